The fourth-order valence-corrected chi connectivity index (χ4v) is 7.72. The van der Waals surface area contributed by atoms with Gasteiger partial charge < -0.3 is 0 Å². The zero-order valence-corrected chi connectivity index (χ0v) is 21.9. The number of carbonyl (C=O) groups is 1. The molecule has 4 rings (SSSR count). The number of allylic oxidation sites excluding steroid dienone is 1. The van der Waals surface area contributed by atoms with Crippen LogP contribution in [0.1, 0.15) is 40.0 Å². The summed E-state index contributed by atoms with van der Waals surface area (Å²) in [5.41, 5.74) is 2.29. The number of rotatable bonds is 4. The van der Waals surface area contributed by atoms with Crippen molar-refractivity contribution in [2.75, 3.05) is 17.6 Å². The maximum atomic E-state index is 13.6. The number of amides is 1. The summed E-state index contributed by atoms with van der Waals surface area (Å²) in [5, 5.41) is 0.974. The predicted octanol–water partition coefficient (Wildman–Crippen LogP) is 3.27. The van der Waals surface area contributed by atoms with Crippen LogP contribution in [0.25, 0.3) is 0 Å². The molecule has 3 nitrogen and oxygen atoms in total. The Morgan fingerprint density at radius 2 is 1.97 bits per heavy atom. The summed E-state index contributed by atoms with van der Waals surface area (Å²) < 4.78 is 9.13. The van der Waals surface area contributed by atoms with Crippen molar-refractivity contribution in [1.82, 2.24) is 4.90 Å². The van der Waals surface area contributed by atoms with Gasteiger partial charge in [0.2, 0.25) is 0 Å². The summed E-state index contributed by atoms with van der Waals surface area (Å²) in [6, 6.07) is 5.66. The molecule has 2 bridgehead atoms. The van der Waals surface area contributed by atoms with Gasteiger partial charge in [-0.15, -0.1) is 0 Å². The van der Waals surface area contributed by atoms with E-state index in [0.29, 0.717) is 33.9 Å². The molecule has 2 fully saturated rings. The molecular weight excluding hydrogens is 544 g/mol. The molecule has 1 aromatic rings. The van der Waals surface area contributed by atoms with Crippen LogP contribution in [-0.4, -0.2) is 34.4 Å². The Hall–Kier alpha value is -0.980. The van der Waals surface area contributed by atoms with Gasteiger partial charge in [0.15, 0.2) is 0 Å². The number of hydrogen-bond acceptors (Lipinski definition) is 2. The molecular formula is C25H29Cl2INO2-. The second kappa shape index (κ2) is 9.11. The van der Waals surface area contributed by atoms with Crippen molar-refractivity contribution in [2.24, 2.45) is 10.8 Å². The molecule has 31 heavy (non-hydrogen) atoms. The molecule has 0 aromatic heterocycles. The molecule has 2 atom stereocenters. The second-order valence-corrected chi connectivity index (χ2v) is 13.2. The summed E-state index contributed by atoms with van der Waals surface area (Å²) >= 11 is 12.3. The van der Waals surface area contributed by atoms with Crippen LogP contribution in [0.4, 0.5) is 0 Å². The van der Waals surface area contributed by atoms with Gasteiger partial charge in [-0.25, -0.2) is 0 Å². The van der Waals surface area contributed by atoms with Gasteiger partial charge in [-0.05, 0) is 0 Å². The van der Waals surface area contributed by atoms with Crippen molar-refractivity contribution in [3.63, 3.8) is 0 Å². The van der Waals surface area contributed by atoms with E-state index >= 15 is 0 Å². The molecule has 0 N–H and O–H groups in total. The SMILES string of the molecule is CC1(C)C[C@H]2C[C@](C)(CN2C(=O)C2=C[I-]CC=CC(COc3c(Cl)cccc3Cl)=C2)C1. The number of carbonyl (C=O) groups excluding carboxylic acids is 1. The van der Waals surface area contributed by atoms with E-state index in [0.717, 1.165) is 35.0 Å². The minimum absolute atomic E-state index is 0.175. The monoisotopic (exact) mass is 572 g/mol. The average Bonchev–Trinajstić information content (AvgIpc) is 2.91. The zero-order chi connectivity index (χ0) is 22.2. The first kappa shape index (κ1) is 23.2. The van der Waals surface area contributed by atoms with Gasteiger partial charge in [-0.2, -0.15) is 0 Å². The van der Waals surface area contributed by atoms with Gasteiger partial charge in [0.1, 0.15) is 0 Å². The van der Waals surface area contributed by atoms with Crippen molar-refractivity contribution in [1.29, 1.82) is 0 Å². The third kappa shape index (κ3) is 5.33. The van der Waals surface area contributed by atoms with E-state index in [2.05, 4.69) is 41.9 Å². The van der Waals surface area contributed by atoms with Gasteiger partial charge in [-0.3, -0.25) is 0 Å². The Morgan fingerprint density at radius 3 is 2.71 bits per heavy atom. The van der Waals surface area contributed by atoms with Gasteiger partial charge in [0, 0.05) is 0 Å². The quantitative estimate of drug-likeness (QED) is 0.409. The van der Waals surface area contributed by atoms with Crippen LogP contribution in [-0.2, 0) is 4.79 Å². The Balaban J connectivity index is 1.53. The number of para-hydroxylation sites is 1. The first-order valence-electron chi connectivity index (χ1n) is 10.7. The zero-order valence-electron chi connectivity index (χ0n) is 18.3. The summed E-state index contributed by atoms with van der Waals surface area (Å²) in [5.74, 6) is 0.657. The number of alkyl halides is 1. The summed E-state index contributed by atoms with van der Waals surface area (Å²) in [4.78, 5) is 15.8. The van der Waals surface area contributed by atoms with E-state index in [4.69, 9.17) is 27.9 Å². The topological polar surface area (TPSA) is 29.5 Å². The van der Waals surface area contributed by atoms with Crippen molar-refractivity contribution >= 4 is 29.1 Å². The van der Waals surface area contributed by atoms with E-state index in [-0.39, 0.29) is 32.5 Å². The molecule has 1 saturated heterocycles. The summed E-state index contributed by atoms with van der Waals surface area (Å²) in [7, 11) is 0. The molecule has 3 aliphatic rings. The first-order chi connectivity index (χ1) is 14.7. The molecule has 2 aliphatic heterocycles. The number of hydrogen-bond donors (Lipinski definition) is 0. The predicted molar refractivity (Wildman–Crippen MR) is 123 cm³/mol. The third-order valence-corrected chi connectivity index (χ3v) is 8.99. The van der Waals surface area contributed by atoms with E-state index in [1.165, 1.54) is 6.42 Å². The summed E-state index contributed by atoms with van der Waals surface area (Å²) in [6.07, 6.45) is 9.62. The van der Waals surface area contributed by atoms with E-state index in [1.54, 1.807) is 18.2 Å². The van der Waals surface area contributed by atoms with Crippen LogP contribution in [0.3, 0.4) is 0 Å². The van der Waals surface area contributed by atoms with Gasteiger partial charge >= 0.3 is 207 Å². The van der Waals surface area contributed by atoms with Crippen LogP contribution in [0.5, 0.6) is 5.75 Å². The molecule has 0 spiro atoms. The number of fused-ring (bicyclic) bond motifs is 2. The van der Waals surface area contributed by atoms with Crippen molar-refractivity contribution in [3.05, 3.63) is 61.7 Å². The number of likely N-dealkylation sites (tertiary alicyclic amines) is 1. The second-order valence-electron chi connectivity index (χ2n) is 9.98. The number of nitrogens with zero attached hydrogens (tertiary/aromatic N) is 1. The van der Waals surface area contributed by atoms with Crippen molar-refractivity contribution in [3.8, 4) is 5.75 Å². The van der Waals surface area contributed by atoms with Crippen LogP contribution >= 0.6 is 23.2 Å². The van der Waals surface area contributed by atoms with Crippen LogP contribution in [0, 0.1) is 10.8 Å². The van der Waals surface area contributed by atoms with E-state index in [9.17, 15) is 4.79 Å². The number of ether oxygens (including phenoxy) is 1. The Kier molecular flexibility index (Phi) is 6.81. The van der Waals surface area contributed by atoms with Crippen LogP contribution in [0.15, 0.2) is 51.7 Å². The third-order valence-electron chi connectivity index (χ3n) is 6.27. The fraction of sp³-hybridized carbons (Fsp3) is 0.480. The Labute approximate surface area is 205 Å². The van der Waals surface area contributed by atoms with Crippen LogP contribution in [0.2, 0.25) is 10.0 Å². The molecule has 1 saturated carbocycles. The maximum absolute atomic E-state index is 13.6. The van der Waals surface area contributed by atoms with Crippen molar-refractivity contribution < 1.29 is 30.7 Å². The fourth-order valence-electron chi connectivity index (χ4n) is 5.49. The number of halogens is 3. The molecule has 1 aromatic carbocycles. The first-order valence-corrected chi connectivity index (χ1v) is 14.2. The van der Waals surface area contributed by atoms with Crippen molar-refractivity contribution in [2.45, 2.75) is 46.1 Å². The Morgan fingerprint density at radius 1 is 1.23 bits per heavy atom. The van der Waals surface area contributed by atoms with Gasteiger partial charge in [0.25, 0.3) is 0 Å². The van der Waals surface area contributed by atoms with E-state index < -0.39 is 0 Å². The van der Waals surface area contributed by atoms with E-state index in [1.807, 2.05) is 6.08 Å². The molecule has 6 heteroatoms. The average molecular weight is 573 g/mol. The molecule has 0 radical (unpaired) electrons. The molecule has 168 valence electrons. The van der Waals surface area contributed by atoms with Gasteiger partial charge in [-0.1, -0.05) is 0 Å². The normalized spacial score (nSPS) is 27.5. The number of benzene rings is 1. The molecule has 1 amide bonds. The molecule has 1 aliphatic carbocycles. The van der Waals surface area contributed by atoms with Gasteiger partial charge in [0.05, 0.1) is 0 Å². The molecule has 0 unspecified atom stereocenters. The minimum atomic E-state index is -0.175. The molecule has 2 heterocycles. The standard InChI is InChI=1S/C25H29Cl2INO2/c1-24(2)11-19-12-25(3,15-24)16-29(19)23(30)18-10-17(6-5-9-28-13-18)14-31-22-20(26)7-4-8-21(22)27/h4-8,10,13,19H,9,11-12,14-16H2,1-3H3/q-1/t19-,25-/m0/s1. The Bertz CT molecular complexity index is 948. The summed E-state index contributed by atoms with van der Waals surface area (Å²) in [6.45, 7) is 8.20. The van der Waals surface area contributed by atoms with Crippen LogP contribution < -0.4 is 25.9 Å².